The smallest absolute Gasteiger partial charge is 0.0175 e. The van der Waals surface area contributed by atoms with Crippen molar-refractivity contribution in [1.29, 1.82) is 0 Å². The molecule has 0 amide bonds. The van der Waals surface area contributed by atoms with E-state index in [-0.39, 0.29) is 0 Å². The molecule has 25 heavy (non-hydrogen) atoms. The van der Waals surface area contributed by atoms with E-state index in [1.165, 1.54) is 43.4 Å². The van der Waals surface area contributed by atoms with Crippen LogP contribution in [0, 0.1) is 0 Å². The van der Waals surface area contributed by atoms with Gasteiger partial charge in [-0.25, -0.2) is 0 Å². The lowest BCUT2D eigenvalue weighted by Gasteiger charge is -2.12. The molecule has 0 spiro atoms. The van der Waals surface area contributed by atoms with Crippen molar-refractivity contribution in [3.05, 3.63) is 94.5 Å². The van der Waals surface area contributed by atoms with Crippen LogP contribution >= 0.6 is 15.9 Å². The van der Waals surface area contributed by atoms with Crippen LogP contribution in [-0.2, 0) is 0 Å². The largest absolute Gasteiger partial charge is 0.0610 e. The van der Waals surface area contributed by atoms with Gasteiger partial charge < -0.3 is 0 Å². The summed E-state index contributed by atoms with van der Waals surface area (Å²) in [6.07, 6.45) is 4.40. The Labute approximate surface area is 154 Å². The fraction of sp³-hybridized carbons (Fsp3) is 0. The van der Waals surface area contributed by atoms with E-state index in [0.717, 1.165) is 4.47 Å². The minimum atomic E-state index is 1.10. The molecule has 0 bridgehead atoms. The normalized spacial score (nSPS) is 12.0. The molecule has 0 N–H and O–H groups in total. The highest BCUT2D eigenvalue weighted by molar-refractivity contribution is 9.10. The summed E-state index contributed by atoms with van der Waals surface area (Å²) >= 11 is 3.49. The first-order valence-corrected chi connectivity index (χ1v) is 9.19. The first-order chi connectivity index (χ1) is 12.3. The van der Waals surface area contributed by atoms with Gasteiger partial charge in [-0.1, -0.05) is 94.8 Å². The fourth-order valence-electron chi connectivity index (χ4n) is 3.66. The maximum Gasteiger partial charge on any atom is 0.0175 e. The molecule has 5 aromatic rings. The SMILES string of the molecule is Brc1ccc(C=Cc2ccc3ccc4cccc5ccc2c3c45)cc1. The van der Waals surface area contributed by atoms with Crippen LogP contribution in [0.25, 0.3) is 44.5 Å². The van der Waals surface area contributed by atoms with Crippen LogP contribution in [0.15, 0.2) is 83.3 Å². The third-order valence-electron chi connectivity index (χ3n) is 4.89. The van der Waals surface area contributed by atoms with Crippen LogP contribution in [0.5, 0.6) is 0 Å². The van der Waals surface area contributed by atoms with Crippen molar-refractivity contribution >= 4 is 60.4 Å². The summed E-state index contributed by atoms with van der Waals surface area (Å²) < 4.78 is 1.10. The molecular weight excluding hydrogens is 368 g/mol. The average Bonchev–Trinajstić information content (AvgIpc) is 2.66. The van der Waals surface area contributed by atoms with E-state index in [4.69, 9.17) is 0 Å². The topological polar surface area (TPSA) is 0 Å². The van der Waals surface area contributed by atoms with Gasteiger partial charge in [-0.2, -0.15) is 0 Å². The Morgan fingerprint density at radius 3 is 1.96 bits per heavy atom. The van der Waals surface area contributed by atoms with Crippen LogP contribution in [0.1, 0.15) is 11.1 Å². The van der Waals surface area contributed by atoms with Crippen molar-refractivity contribution in [3.8, 4) is 0 Å². The predicted molar refractivity (Wildman–Crippen MR) is 113 cm³/mol. The number of benzene rings is 5. The van der Waals surface area contributed by atoms with Crippen LogP contribution in [0.2, 0.25) is 0 Å². The summed E-state index contributed by atoms with van der Waals surface area (Å²) in [6.45, 7) is 0. The Balaban J connectivity index is 1.74. The lowest BCUT2D eigenvalue weighted by atomic mass is 9.92. The van der Waals surface area contributed by atoms with E-state index >= 15 is 0 Å². The molecule has 0 saturated carbocycles. The summed E-state index contributed by atoms with van der Waals surface area (Å²) in [5.74, 6) is 0. The van der Waals surface area contributed by atoms with E-state index in [2.05, 4.69) is 107 Å². The van der Waals surface area contributed by atoms with Crippen molar-refractivity contribution in [1.82, 2.24) is 0 Å². The van der Waals surface area contributed by atoms with E-state index in [0.29, 0.717) is 0 Å². The van der Waals surface area contributed by atoms with Crippen molar-refractivity contribution in [3.63, 3.8) is 0 Å². The molecule has 0 atom stereocenters. The molecule has 0 saturated heterocycles. The quantitative estimate of drug-likeness (QED) is 0.218. The second kappa shape index (κ2) is 5.72. The molecule has 0 aliphatic rings. The molecule has 5 aromatic carbocycles. The Kier molecular flexibility index (Phi) is 3.36. The van der Waals surface area contributed by atoms with Crippen LogP contribution in [0.4, 0.5) is 0 Å². The van der Waals surface area contributed by atoms with Gasteiger partial charge in [0.1, 0.15) is 0 Å². The Bertz CT molecular complexity index is 1210. The van der Waals surface area contributed by atoms with Crippen molar-refractivity contribution in [2.75, 3.05) is 0 Å². The molecule has 0 nitrogen and oxygen atoms in total. The molecule has 0 unspecified atom stereocenters. The number of hydrogen-bond donors (Lipinski definition) is 0. The first-order valence-electron chi connectivity index (χ1n) is 8.40. The number of hydrogen-bond acceptors (Lipinski definition) is 0. The number of rotatable bonds is 2. The summed E-state index contributed by atoms with van der Waals surface area (Å²) in [5.41, 5.74) is 2.46. The highest BCUT2D eigenvalue weighted by atomic mass is 79.9. The van der Waals surface area contributed by atoms with Crippen molar-refractivity contribution < 1.29 is 0 Å². The molecule has 1 heteroatoms. The molecule has 0 aliphatic heterocycles. The Morgan fingerprint density at radius 1 is 0.560 bits per heavy atom. The van der Waals surface area contributed by atoms with E-state index in [1.54, 1.807) is 0 Å². The van der Waals surface area contributed by atoms with Gasteiger partial charge in [0.15, 0.2) is 0 Å². The van der Waals surface area contributed by atoms with Gasteiger partial charge in [0, 0.05) is 4.47 Å². The maximum atomic E-state index is 3.49. The summed E-state index contributed by atoms with van der Waals surface area (Å²) in [7, 11) is 0. The fourth-order valence-corrected chi connectivity index (χ4v) is 3.93. The predicted octanol–water partition coefficient (Wildman–Crippen LogP) is 7.52. The molecule has 0 radical (unpaired) electrons. The van der Waals surface area contributed by atoms with Gasteiger partial charge in [-0.15, -0.1) is 0 Å². The molecule has 5 rings (SSSR count). The second-order valence-electron chi connectivity index (χ2n) is 6.40. The van der Waals surface area contributed by atoms with Gasteiger partial charge in [0.25, 0.3) is 0 Å². The zero-order valence-corrected chi connectivity index (χ0v) is 15.1. The van der Waals surface area contributed by atoms with E-state index < -0.39 is 0 Å². The highest BCUT2D eigenvalue weighted by Crippen LogP contribution is 2.36. The molecule has 0 aliphatic carbocycles. The highest BCUT2D eigenvalue weighted by Gasteiger charge is 2.09. The lowest BCUT2D eigenvalue weighted by molar-refractivity contribution is 1.62. The summed E-state index contributed by atoms with van der Waals surface area (Å²) in [6, 6.07) is 28.3. The molecule has 0 fully saturated rings. The van der Waals surface area contributed by atoms with Crippen LogP contribution in [-0.4, -0.2) is 0 Å². The Morgan fingerprint density at radius 2 is 1.20 bits per heavy atom. The third kappa shape index (κ3) is 2.43. The molecular formula is C24H15Br. The lowest BCUT2D eigenvalue weighted by Crippen LogP contribution is -1.85. The zero-order chi connectivity index (χ0) is 16.8. The van der Waals surface area contributed by atoms with Gasteiger partial charge in [-0.3, -0.25) is 0 Å². The van der Waals surface area contributed by atoms with Gasteiger partial charge in [0.05, 0.1) is 0 Å². The molecule has 118 valence electrons. The molecule has 0 aromatic heterocycles. The second-order valence-corrected chi connectivity index (χ2v) is 7.31. The maximum absolute atomic E-state index is 3.49. The first kappa shape index (κ1) is 14.7. The minimum absolute atomic E-state index is 1.10. The third-order valence-corrected chi connectivity index (χ3v) is 5.42. The summed E-state index contributed by atoms with van der Waals surface area (Å²) in [4.78, 5) is 0. The van der Waals surface area contributed by atoms with E-state index in [9.17, 15) is 0 Å². The number of halogens is 1. The van der Waals surface area contributed by atoms with Crippen molar-refractivity contribution in [2.24, 2.45) is 0 Å². The van der Waals surface area contributed by atoms with Crippen LogP contribution < -0.4 is 0 Å². The van der Waals surface area contributed by atoms with Gasteiger partial charge >= 0.3 is 0 Å². The molecule has 0 heterocycles. The Hall–Kier alpha value is -2.64. The summed E-state index contributed by atoms with van der Waals surface area (Å²) in [5, 5.41) is 7.98. The monoisotopic (exact) mass is 382 g/mol. The van der Waals surface area contributed by atoms with Gasteiger partial charge in [-0.05, 0) is 55.6 Å². The average molecular weight is 383 g/mol. The standard InChI is InChI=1S/C24H15Br/c25-21-13-5-16(6-14-21)4-7-17-8-9-20-11-10-18-2-1-3-19-12-15-22(17)24(20)23(18)19/h1-15H. The minimum Gasteiger partial charge on any atom is -0.0610 e. The van der Waals surface area contributed by atoms with Crippen LogP contribution in [0.3, 0.4) is 0 Å². The van der Waals surface area contributed by atoms with E-state index in [1.807, 2.05) is 0 Å². The van der Waals surface area contributed by atoms with Crippen molar-refractivity contribution in [2.45, 2.75) is 0 Å². The van der Waals surface area contributed by atoms with Gasteiger partial charge in [0.2, 0.25) is 0 Å². The zero-order valence-electron chi connectivity index (χ0n) is 13.5.